The zero-order valence-electron chi connectivity index (χ0n) is 17.3. The summed E-state index contributed by atoms with van der Waals surface area (Å²) in [6.45, 7) is 5.71. The number of hydrogen-bond acceptors (Lipinski definition) is 3. The lowest BCUT2D eigenvalue weighted by molar-refractivity contribution is 0.101. The highest BCUT2D eigenvalue weighted by Gasteiger charge is 2.21. The highest BCUT2D eigenvalue weighted by molar-refractivity contribution is 6.31. The highest BCUT2D eigenvalue weighted by Crippen LogP contribution is 2.27. The van der Waals surface area contributed by atoms with Gasteiger partial charge in [0.25, 0.3) is 5.91 Å². The maximum Gasteiger partial charge on any atom is 0.295 e. The van der Waals surface area contributed by atoms with E-state index in [1.807, 2.05) is 45.0 Å². The molecule has 0 spiro atoms. The molecule has 5 nitrogen and oxygen atoms in total. The van der Waals surface area contributed by atoms with Crippen LogP contribution in [-0.2, 0) is 0 Å². The Morgan fingerprint density at radius 1 is 0.968 bits per heavy atom. The number of nitrogens with zero attached hydrogens (tertiary/aromatic N) is 3. The van der Waals surface area contributed by atoms with Gasteiger partial charge >= 0.3 is 0 Å². The zero-order chi connectivity index (χ0) is 22.1. The predicted molar refractivity (Wildman–Crippen MR) is 120 cm³/mol. The Balaban J connectivity index is 1.82. The molecule has 1 heterocycles. The molecule has 0 fully saturated rings. The number of aromatic nitrogens is 3. The van der Waals surface area contributed by atoms with Crippen molar-refractivity contribution >= 4 is 23.2 Å². The van der Waals surface area contributed by atoms with Crippen LogP contribution in [-0.4, -0.2) is 20.7 Å². The third-order valence-electron chi connectivity index (χ3n) is 5.10. The van der Waals surface area contributed by atoms with E-state index in [0.717, 1.165) is 22.4 Å². The first-order valence-corrected chi connectivity index (χ1v) is 10.1. The van der Waals surface area contributed by atoms with Crippen molar-refractivity contribution in [3.05, 3.63) is 94.0 Å². The SMILES string of the molecule is Cc1cccc(C)c1NC(=O)c1nc(-c2ccc(F)cc2)n(-c2cccc(Cl)c2C)n1. The minimum Gasteiger partial charge on any atom is -0.319 e. The number of rotatable bonds is 4. The summed E-state index contributed by atoms with van der Waals surface area (Å²) in [5, 5.41) is 7.96. The van der Waals surface area contributed by atoms with E-state index < -0.39 is 5.91 Å². The quantitative estimate of drug-likeness (QED) is 0.434. The molecule has 1 amide bonds. The molecule has 0 unspecified atom stereocenters. The summed E-state index contributed by atoms with van der Waals surface area (Å²) in [5.74, 6) is -0.376. The molecule has 0 saturated carbocycles. The van der Waals surface area contributed by atoms with E-state index in [9.17, 15) is 9.18 Å². The van der Waals surface area contributed by atoms with Crippen LogP contribution in [0, 0.1) is 26.6 Å². The van der Waals surface area contributed by atoms with Crippen molar-refractivity contribution < 1.29 is 9.18 Å². The second-order valence-electron chi connectivity index (χ2n) is 7.28. The Kier molecular flexibility index (Phi) is 5.57. The molecular formula is C24H20ClFN4O. The van der Waals surface area contributed by atoms with E-state index in [-0.39, 0.29) is 11.6 Å². The molecule has 31 heavy (non-hydrogen) atoms. The molecule has 4 rings (SSSR count). The van der Waals surface area contributed by atoms with Crippen LogP contribution >= 0.6 is 11.6 Å². The van der Waals surface area contributed by atoms with Crippen molar-refractivity contribution in [3.8, 4) is 17.1 Å². The van der Waals surface area contributed by atoms with Crippen LogP contribution in [0.4, 0.5) is 10.1 Å². The monoisotopic (exact) mass is 434 g/mol. The minimum atomic E-state index is -0.431. The van der Waals surface area contributed by atoms with E-state index in [1.165, 1.54) is 12.1 Å². The molecule has 0 aliphatic rings. The number of halogens is 2. The molecule has 0 radical (unpaired) electrons. The van der Waals surface area contributed by atoms with Gasteiger partial charge in [-0.2, -0.15) is 0 Å². The number of nitrogens with one attached hydrogen (secondary N) is 1. The summed E-state index contributed by atoms with van der Waals surface area (Å²) in [6.07, 6.45) is 0. The number of anilines is 1. The summed E-state index contributed by atoms with van der Waals surface area (Å²) in [6, 6.07) is 17.1. The number of amides is 1. The molecule has 0 aliphatic heterocycles. The maximum absolute atomic E-state index is 13.5. The van der Waals surface area contributed by atoms with Gasteiger partial charge in [-0.3, -0.25) is 4.79 Å². The third-order valence-corrected chi connectivity index (χ3v) is 5.51. The number of carbonyl (C=O) groups excluding carboxylic acids is 1. The highest BCUT2D eigenvalue weighted by atomic mass is 35.5. The Hall–Kier alpha value is -3.51. The second-order valence-corrected chi connectivity index (χ2v) is 7.69. The molecular weight excluding hydrogens is 415 g/mol. The summed E-state index contributed by atoms with van der Waals surface area (Å²) < 4.78 is 15.0. The van der Waals surface area contributed by atoms with E-state index in [0.29, 0.717) is 22.1 Å². The van der Waals surface area contributed by atoms with Crippen LogP contribution in [0.2, 0.25) is 5.02 Å². The fourth-order valence-electron chi connectivity index (χ4n) is 3.37. The summed E-state index contributed by atoms with van der Waals surface area (Å²) in [4.78, 5) is 17.5. The van der Waals surface area contributed by atoms with Gasteiger partial charge in [0.2, 0.25) is 5.82 Å². The van der Waals surface area contributed by atoms with E-state index in [4.69, 9.17) is 11.6 Å². The molecule has 0 atom stereocenters. The lowest BCUT2D eigenvalue weighted by Gasteiger charge is -2.10. The molecule has 0 aliphatic carbocycles. The molecule has 156 valence electrons. The fraction of sp³-hybridized carbons (Fsp3) is 0.125. The normalized spacial score (nSPS) is 10.9. The van der Waals surface area contributed by atoms with Crippen LogP contribution in [0.1, 0.15) is 27.3 Å². The Bertz CT molecular complexity index is 1260. The fourth-order valence-corrected chi connectivity index (χ4v) is 3.54. The van der Waals surface area contributed by atoms with Gasteiger partial charge in [0.05, 0.1) is 5.69 Å². The predicted octanol–water partition coefficient (Wildman–Crippen LogP) is 5.90. The Morgan fingerprint density at radius 3 is 2.29 bits per heavy atom. The van der Waals surface area contributed by atoms with E-state index >= 15 is 0 Å². The lowest BCUT2D eigenvalue weighted by atomic mass is 10.1. The summed E-state index contributed by atoms with van der Waals surface area (Å²) in [7, 11) is 0. The van der Waals surface area contributed by atoms with Crippen molar-refractivity contribution in [1.29, 1.82) is 0 Å². The third kappa shape index (κ3) is 4.07. The first-order valence-electron chi connectivity index (χ1n) is 9.71. The van der Waals surface area contributed by atoms with Gasteiger partial charge in [0, 0.05) is 16.3 Å². The number of aryl methyl sites for hydroxylation is 2. The number of benzene rings is 3. The van der Waals surface area contributed by atoms with Crippen LogP contribution in [0.5, 0.6) is 0 Å². The first-order chi connectivity index (χ1) is 14.8. The molecule has 0 saturated heterocycles. The van der Waals surface area contributed by atoms with Gasteiger partial charge in [-0.1, -0.05) is 35.9 Å². The van der Waals surface area contributed by atoms with Crippen LogP contribution in [0.25, 0.3) is 17.1 Å². The van der Waals surface area contributed by atoms with Gasteiger partial charge in [-0.15, -0.1) is 5.10 Å². The molecule has 7 heteroatoms. The zero-order valence-corrected chi connectivity index (χ0v) is 18.0. The van der Waals surface area contributed by atoms with Gasteiger partial charge in [-0.05, 0) is 73.9 Å². The van der Waals surface area contributed by atoms with Crippen molar-refractivity contribution in [2.75, 3.05) is 5.32 Å². The topological polar surface area (TPSA) is 59.8 Å². The van der Waals surface area contributed by atoms with E-state index in [1.54, 1.807) is 28.9 Å². The molecule has 3 aromatic carbocycles. The minimum absolute atomic E-state index is 0.00125. The Morgan fingerprint density at radius 2 is 1.61 bits per heavy atom. The second kappa shape index (κ2) is 8.32. The molecule has 0 bridgehead atoms. The van der Waals surface area contributed by atoms with Crippen molar-refractivity contribution in [1.82, 2.24) is 14.8 Å². The van der Waals surface area contributed by atoms with Crippen molar-refractivity contribution in [3.63, 3.8) is 0 Å². The molecule has 4 aromatic rings. The largest absolute Gasteiger partial charge is 0.319 e. The summed E-state index contributed by atoms with van der Waals surface area (Å²) >= 11 is 6.30. The number of para-hydroxylation sites is 1. The standard InChI is InChI=1S/C24H20ClFN4O/c1-14-6-4-7-15(2)21(14)27-24(31)22-28-23(17-10-12-18(26)13-11-17)30(29-22)20-9-5-8-19(25)16(20)3/h4-13H,1-3H3,(H,27,31). The van der Waals surface area contributed by atoms with Gasteiger partial charge in [-0.25, -0.2) is 14.1 Å². The van der Waals surface area contributed by atoms with Crippen molar-refractivity contribution in [2.45, 2.75) is 20.8 Å². The van der Waals surface area contributed by atoms with Crippen LogP contribution < -0.4 is 5.32 Å². The van der Waals surface area contributed by atoms with Gasteiger partial charge in [0.15, 0.2) is 5.82 Å². The van der Waals surface area contributed by atoms with Gasteiger partial charge < -0.3 is 5.32 Å². The van der Waals surface area contributed by atoms with Crippen LogP contribution in [0.15, 0.2) is 60.7 Å². The Labute approximate surface area is 184 Å². The smallest absolute Gasteiger partial charge is 0.295 e. The first kappa shape index (κ1) is 20.8. The average molecular weight is 435 g/mol. The lowest BCUT2D eigenvalue weighted by Crippen LogP contribution is -2.16. The number of carbonyl (C=O) groups is 1. The average Bonchev–Trinajstić information content (AvgIpc) is 3.18. The van der Waals surface area contributed by atoms with Gasteiger partial charge in [0.1, 0.15) is 5.82 Å². The van der Waals surface area contributed by atoms with E-state index in [2.05, 4.69) is 15.4 Å². The molecule has 1 aromatic heterocycles. The van der Waals surface area contributed by atoms with Crippen molar-refractivity contribution in [2.24, 2.45) is 0 Å². The maximum atomic E-state index is 13.5. The number of hydrogen-bond donors (Lipinski definition) is 1. The molecule has 1 N–H and O–H groups in total. The summed E-state index contributed by atoms with van der Waals surface area (Å²) in [5.41, 5.74) is 4.71. The van der Waals surface area contributed by atoms with Crippen LogP contribution in [0.3, 0.4) is 0 Å².